The summed E-state index contributed by atoms with van der Waals surface area (Å²) >= 11 is 0. The number of hydrogen-bond acceptors (Lipinski definition) is 6. The van der Waals surface area contributed by atoms with E-state index in [4.69, 9.17) is 5.21 Å². The molecule has 0 unspecified atom stereocenters. The number of carbonyl (C=O) groups is 5. The molecule has 274 valence electrons. The zero-order chi connectivity index (χ0) is 37.2. The number of hydrogen-bond donors (Lipinski definition) is 6. The molecule has 0 fully saturated rings. The summed E-state index contributed by atoms with van der Waals surface area (Å²) in [6, 6.07) is 34.7. The molecule has 0 heterocycles. The fourth-order valence-corrected chi connectivity index (χ4v) is 5.15. The topological polar surface area (TPSA) is 166 Å². The van der Waals surface area contributed by atoms with Gasteiger partial charge in [-0.25, -0.2) is 5.48 Å². The Labute approximate surface area is 305 Å². The van der Waals surface area contributed by atoms with Crippen LogP contribution in [0.4, 0.5) is 22.7 Å². The van der Waals surface area contributed by atoms with Crippen molar-refractivity contribution in [3.8, 4) is 0 Å². The Kier molecular flexibility index (Phi) is 19.0. The van der Waals surface area contributed by atoms with Crippen LogP contribution in [0.5, 0.6) is 0 Å². The van der Waals surface area contributed by atoms with Crippen molar-refractivity contribution in [3.63, 3.8) is 0 Å². The van der Waals surface area contributed by atoms with E-state index in [0.29, 0.717) is 37.8 Å². The van der Waals surface area contributed by atoms with Gasteiger partial charge in [-0.05, 0) is 74.2 Å². The second-order valence-corrected chi connectivity index (χ2v) is 12.1. The third-order valence-corrected chi connectivity index (χ3v) is 7.84. The normalized spacial score (nSPS) is 10.2. The molecule has 0 atom stereocenters. The fraction of sp³-hybridized carbons (Fsp3) is 0.293. The molecule has 0 saturated carbocycles. The number of nitrogens with one attached hydrogen (secondary N) is 5. The van der Waals surface area contributed by atoms with Gasteiger partial charge in [0.25, 0.3) is 5.91 Å². The van der Waals surface area contributed by atoms with Gasteiger partial charge in [0.05, 0.1) is 11.3 Å². The first-order valence-electron chi connectivity index (χ1n) is 17.7. The summed E-state index contributed by atoms with van der Waals surface area (Å²) in [7, 11) is 0. The maximum atomic E-state index is 12.1. The zero-order valence-electron chi connectivity index (χ0n) is 29.4. The molecule has 4 rings (SSSR count). The van der Waals surface area contributed by atoms with Gasteiger partial charge in [-0.3, -0.25) is 29.2 Å². The Hall–Kier alpha value is -5.81. The molecule has 0 spiro atoms. The molecule has 11 nitrogen and oxygen atoms in total. The van der Waals surface area contributed by atoms with Gasteiger partial charge >= 0.3 is 0 Å². The molecule has 0 saturated heterocycles. The summed E-state index contributed by atoms with van der Waals surface area (Å²) in [6.45, 7) is 0. The Balaban J connectivity index is 0.000000284. The van der Waals surface area contributed by atoms with E-state index in [1.165, 1.54) is 6.07 Å². The molecular formula is C41H49N5O6. The van der Waals surface area contributed by atoms with Crippen molar-refractivity contribution in [3.05, 3.63) is 121 Å². The molecule has 4 aromatic carbocycles. The minimum absolute atomic E-state index is 0.0114. The van der Waals surface area contributed by atoms with Crippen LogP contribution >= 0.6 is 0 Å². The number of para-hydroxylation sites is 4. The Morgan fingerprint density at radius 2 is 0.692 bits per heavy atom. The number of unbranched alkanes of at least 4 members (excludes halogenated alkanes) is 6. The number of rotatable bonds is 19. The van der Waals surface area contributed by atoms with Crippen LogP contribution in [-0.2, 0) is 19.2 Å². The maximum Gasteiger partial charge on any atom is 0.276 e. The van der Waals surface area contributed by atoms with Crippen LogP contribution in [-0.4, -0.2) is 34.7 Å². The van der Waals surface area contributed by atoms with E-state index < -0.39 is 5.91 Å². The average molecular weight is 708 g/mol. The summed E-state index contributed by atoms with van der Waals surface area (Å²) in [4.78, 5) is 59.0. The van der Waals surface area contributed by atoms with E-state index in [1.807, 2.05) is 91.0 Å². The highest BCUT2D eigenvalue weighted by Crippen LogP contribution is 2.16. The average Bonchev–Trinajstić information content (AvgIpc) is 3.16. The predicted octanol–water partition coefficient (Wildman–Crippen LogP) is 8.33. The highest BCUT2D eigenvalue weighted by molar-refractivity contribution is 6.03. The third-order valence-electron chi connectivity index (χ3n) is 7.84. The summed E-state index contributed by atoms with van der Waals surface area (Å²) in [5, 5.41) is 20.0. The van der Waals surface area contributed by atoms with Crippen LogP contribution < -0.4 is 26.7 Å². The molecule has 0 aliphatic carbocycles. The smallest absolute Gasteiger partial charge is 0.276 e. The number of amides is 5. The monoisotopic (exact) mass is 707 g/mol. The summed E-state index contributed by atoms with van der Waals surface area (Å²) in [5.41, 5.74) is 4.58. The summed E-state index contributed by atoms with van der Waals surface area (Å²) in [6.07, 6.45) is 8.58. The summed E-state index contributed by atoms with van der Waals surface area (Å²) in [5.74, 6) is -0.793. The lowest BCUT2D eigenvalue weighted by Gasteiger charge is -2.09. The number of anilines is 4. The number of benzene rings is 4. The standard InChI is InChI=1S/C21H25N3O4.C20H24N2O2/c25-19(22-16-10-4-3-5-11-16)14-6-1-2-7-15-20(26)23-18-13-9-8-12-17(18)21(27)24-28;23-19(21-17-11-5-3-6-12-17)15-9-1-2-10-16-20(24)22-18-13-7-4-8-14-18/h3-5,8-13,28H,1-2,6-7,14-15H2,(H,22,25)(H,23,26)(H,24,27);3-8,11-14H,1-2,9-10,15-16H2,(H,21,23)(H,22,24). The van der Waals surface area contributed by atoms with Gasteiger partial charge in [-0.1, -0.05) is 92.4 Å². The van der Waals surface area contributed by atoms with Crippen molar-refractivity contribution < 1.29 is 29.2 Å². The van der Waals surface area contributed by atoms with Crippen molar-refractivity contribution in [1.82, 2.24) is 5.48 Å². The number of carbonyl (C=O) groups excluding carboxylic acids is 5. The molecular weight excluding hydrogens is 658 g/mol. The van der Waals surface area contributed by atoms with E-state index in [0.717, 1.165) is 62.0 Å². The SMILES string of the molecule is O=C(CCCCCCC(=O)Nc1ccccc1)Nc1ccccc1.O=C(CCCCCCC(=O)Nc1ccccc1C(=O)NO)Nc1ccccc1. The molecule has 52 heavy (non-hydrogen) atoms. The highest BCUT2D eigenvalue weighted by Gasteiger charge is 2.12. The van der Waals surface area contributed by atoms with E-state index in [9.17, 15) is 24.0 Å². The lowest BCUT2D eigenvalue weighted by molar-refractivity contribution is -0.117. The highest BCUT2D eigenvalue weighted by atomic mass is 16.5. The Morgan fingerprint density at radius 3 is 1.04 bits per heavy atom. The van der Waals surface area contributed by atoms with Gasteiger partial charge in [-0.15, -0.1) is 0 Å². The fourth-order valence-electron chi connectivity index (χ4n) is 5.15. The number of hydroxylamine groups is 1. The quantitative estimate of drug-likeness (QED) is 0.0326. The van der Waals surface area contributed by atoms with Crippen LogP contribution in [0.2, 0.25) is 0 Å². The van der Waals surface area contributed by atoms with Gasteiger partial charge in [-0.2, -0.15) is 0 Å². The van der Waals surface area contributed by atoms with Crippen molar-refractivity contribution in [2.45, 2.75) is 77.0 Å². The zero-order valence-corrected chi connectivity index (χ0v) is 29.4. The van der Waals surface area contributed by atoms with Gasteiger partial charge in [0.15, 0.2) is 0 Å². The molecule has 4 aromatic rings. The van der Waals surface area contributed by atoms with E-state index in [-0.39, 0.29) is 29.2 Å². The van der Waals surface area contributed by atoms with Crippen LogP contribution in [0.25, 0.3) is 0 Å². The summed E-state index contributed by atoms with van der Waals surface area (Å²) < 4.78 is 0. The van der Waals surface area contributed by atoms with Crippen molar-refractivity contribution in [2.75, 3.05) is 21.3 Å². The lowest BCUT2D eigenvalue weighted by Crippen LogP contribution is -2.21. The molecule has 0 aliphatic heterocycles. The largest absolute Gasteiger partial charge is 0.326 e. The first-order chi connectivity index (χ1) is 25.3. The van der Waals surface area contributed by atoms with Crippen molar-refractivity contribution in [2.24, 2.45) is 0 Å². The van der Waals surface area contributed by atoms with Crippen LogP contribution in [0.3, 0.4) is 0 Å². The molecule has 0 aliphatic rings. The van der Waals surface area contributed by atoms with Crippen molar-refractivity contribution in [1.29, 1.82) is 0 Å². The lowest BCUT2D eigenvalue weighted by atomic mass is 10.1. The predicted molar refractivity (Wildman–Crippen MR) is 205 cm³/mol. The molecule has 5 amide bonds. The second kappa shape index (κ2) is 24.4. The first-order valence-corrected chi connectivity index (χ1v) is 17.7. The van der Waals surface area contributed by atoms with Gasteiger partial charge in [0.1, 0.15) is 0 Å². The van der Waals surface area contributed by atoms with Crippen LogP contribution in [0.15, 0.2) is 115 Å². The van der Waals surface area contributed by atoms with Crippen LogP contribution in [0.1, 0.15) is 87.4 Å². The van der Waals surface area contributed by atoms with Gasteiger partial charge < -0.3 is 21.3 Å². The molecule has 0 aromatic heterocycles. The maximum absolute atomic E-state index is 12.1. The molecule has 0 radical (unpaired) electrons. The van der Waals surface area contributed by atoms with E-state index in [1.54, 1.807) is 23.7 Å². The minimum Gasteiger partial charge on any atom is -0.326 e. The third kappa shape index (κ3) is 17.2. The van der Waals surface area contributed by atoms with Crippen molar-refractivity contribution >= 4 is 52.3 Å². The minimum atomic E-state index is -0.676. The second-order valence-electron chi connectivity index (χ2n) is 12.1. The van der Waals surface area contributed by atoms with Gasteiger partial charge in [0.2, 0.25) is 23.6 Å². The van der Waals surface area contributed by atoms with Crippen LogP contribution in [0, 0.1) is 0 Å². The Morgan fingerprint density at radius 1 is 0.385 bits per heavy atom. The molecule has 6 N–H and O–H groups in total. The Bertz CT molecular complexity index is 1610. The van der Waals surface area contributed by atoms with E-state index in [2.05, 4.69) is 21.3 Å². The molecule has 11 heteroatoms. The van der Waals surface area contributed by atoms with E-state index >= 15 is 0 Å². The first kappa shape index (κ1) is 40.6. The van der Waals surface area contributed by atoms with Gasteiger partial charge in [0, 0.05) is 42.7 Å². The molecule has 0 bridgehead atoms.